The zero-order valence-electron chi connectivity index (χ0n) is 7.40. The van der Waals surface area contributed by atoms with Crippen LogP contribution < -0.4 is 5.73 Å². The quantitative estimate of drug-likeness (QED) is 0.638. The van der Waals surface area contributed by atoms with Gasteiger partial charge in [-0.25, -0.2) is 0 Å². The Morgan fingerprint density at radius 2 is 2.23 bits per heavy atom. The van der Waals surface area contributed by atoms with Crippen LogP contribution in [0.1, 0.15) is 11.6 Å². The number of phenolic OH excluding ortho intramolecular Hbond substituents is 1. The maximum Gasteiger partial charge on any atom is 0.121 e. The predicted octanol–water partition coefficient (Wildman–Crippen LogP) is 1.11. The van der Waals surface area contributed by atoms with Crippen molar-refractivity contribution >= 4 is 11.8 Å². The number of aliphatic hydroxyl groups excluding tert-OH is 1. The minimum atomic E-state index is -0.511. The number of rotatable bonds is 3. The molecular weight excluding hydrogens is 186 g/mol. The van der Waals surface area contributed by atoms with Gasteiger partial charge in [0.2, 0.25) is 0 Å². The molecule has 0 aromatic heterocycles. The molecule has 1 unspecified atom stereocenters. The summed E-state index contributed by atoms with van der Waals surface area (Å²) in [6.45, 7) is -0.162. The van der Waals surface area contributed by atoms with E-state index in [1.807, 2.05) is 12.3 Å². The Morgan fingerprint density at radius 1 is 1.54 bits per heavy atom. The first-order chi connectivity index (χ1) is 6.20. The molecular formula is C9H13NO2S. The van der Waals surface area contributed by atoms with Crippen molar-refractivity contribution in [3.8, 4) is 5.75 Å². The van der Waals surface area contributed by atoms with Crippen LogP contribution in [-0.2, 0) is 0 Å². The molecule has 13 heavy (non-hydrogen) atoms. The van der Waals surface area contributed by atoms with Crippen LogP contribution in [0.15, 0.2) is 23.1 Å². The Balaban J connectivity index is 3.14. The van der Waals surface area contributed by atoms with Gasteiger partial charge in [0.15, 0.2) is 0 Å². The summed E-state index contributed by atoms with van der Waals surface area (Å²) in [5, 5.41) is 18.4. The van der Waals surface area contributed by atoms with E-state index in [0.29, 0.717) is 5.56 Å². The zero-order chi connectivity index (χ0) is 9.84. The number of nitrogens with two attached hydrogens (primary N) is 1. The number of benzene rings is 1. The van der Waals surface area contributed by atoms with Gasteiger partial charge >= 0.3 is 0 Å². The highest BCUT2D eigenvalue weighted by molar-refractivity contribution is 7.98. The number of phenols is 1. The number of aliphatic hydroxyl groups is 1. The molecule has 0 aliphatic heterocycles. The molecule has 0 fully saturated rings. The van der Waals surface area contributed by atoms with Crippen LogP contribution in [0, 0.1) is 0 Å². The summed E-state index contributed by atoms with van der Waals surface area (Å²) < 4.78 is 0. The van der Waals surface area contributed by atoms with Gasteiger partial charge in [0, 0.05) is 10.5 Å². The number of thioether (sulfide) groups is 1. The maximum absolute atomic E-state index is 9.52. The molecule has 1 aromatic rings. The summed E-state index contributed by atoms with van der Waals surface area (Å²) in [4.78, 5) is 0.904. The number of hydrogen-bond donors (Lipinski definition) is 3. The second-order valence-corrected chi connectivity index (χ2v) is 3.53. The predicted molar refractivity (Wildman–Crippen MR) is 53.9 cm³/mol. The van der Waals surface area contributed by atoms with Crippen molar-refractivity contribution in [3.63, 3.8) is 0 Å². The molecule has 0 aliphatic carbocycles. The summed E-state index contributed by atoms with van der Waals surface area (Å²) >= 11 is 1.50. The van der Waals surface area contributed by atoms with Gasteiger partial charge in [-0.15, -0.1) is 11.8 Å². The molecule has 0 saturated heterocycles. The van der Waals surface area contributed by atoms with E-state index in [4.69, 9.17) is 10.8 Å². The first-order valence-electron chi connectivity index (χ1n) is 3.93. The molecule has 0 spiro atoms. The summed E-state index contributed by atoms with van der Waals surface area (Å²) in [5.74, 6) is 0.147. The molecule has 0 heterocycles. The second-order valence-electron chi connectivity index (χ2n) is 2.68. The first-order valence-corrected chi connectivity index (χ1v) is 5.15. The Kier molecular flexibility index (Phi) is 3.59. The molecule has 0 amide bonds. The molecule has 4 N–H and O–H groups in total. The van der Waals surface area contributed by atoms with Gasteiger partial charge in [-0.1, -0.05) is 6.07 Å². The molecule has 1 rings (SSSR count). The van der Waals surface area contributed by atoms with Gasteiger partial charge in [-0.05, 0) is 18.4 Å². The summed E-state index contributed by atoms with van der Waals surface area (Å²) in [7, 11) is 0. The van der Waals surface area contributed by atoms with Gasteiger partial charge in [0.25, 0.3) is 0 Å². The van der Waals surface area contributed by atoms with Crippen LogP contribution in [0.3, 0.4) is 0 Å². The zero-order valence-corrected chi connectivity index (χ0v) is 8.21. The molecule has 1 aromatic carbocycles. The van der Waals surface area contributed by atoms with Gasteiger partial charge in [-0.2, -0.15) is 0 Å². The van der Waals surface area contributed by atoms with Crippen LogP contribution in [0.2, 0.25) is 0 Å². The molecule has 4 heteroatoms. The lowest BCUT2D eigenvalue weighted by molar-refractivity contribution is 0.264. The van der Waals surface area contributed by atoms with Gasteiger partial charge < -0.3 is 15.9 Å². The van der Waals surface area contributed by atoms with E-state index in [-0.39, 0.29) is 12.4 Å². The van der Waals surface area contributed by atoms with Crippen LogP contribution in [0.5, 0.6) is 5.75 Å². The summed E-state index contributed by atoms with van der Waals surface area (Å²) in [5.41, 5.74) is 6.27. The van der Waals surface area contributed by atoms with Gasteiger partial charge in [-0.3, -0.25) is 0 Å². The van der Waals surface area contributed by atoms with Crippen molar-refractivity contribution < 1.29 is 10.2 Å². The summed E-state index contributed by atoms with van der Waals surface area (Å²) in [6.07, 6.45) is 1.91. The van der Waals surface area contributed by atoms with Gasteiger partial charge in [0.05, 0.1) is 12.6 Å². The highest BCUT2D eigenvalue weighted by Gasteiger charge is 2.13. The van der Waals surface area contributed by atoms with Crippen molar-refractivity contribution in [2.24, 2.45) is 5.73 Å². The van der Waals surface area contributed by atoms with Crippen molar-refractivity contribution in [1.29, 1.82) is 0 Å². The molecule has 3 nitrogen and oxygen atoms in total. The molecule has 72 valence electrons. The second kappa shape index (κ2) is 4.50. The van der Waals surface area contributed by atoms with E-state index in [9.17, 15) is 5.11 Å². The Bertz CT molecular complexity index is 291. The average Bonchev–Trinajstić information content (AvgIpc) is 2.16. The van der Waals surface area contributed by atoms with E-state index >= 15 is 0 Å². The van der Waals surface area contributed by atoms with E-state index in [1.165, 1.54) is 11.8 Å². The Labute approximate surface area is 81.6 Å². The molecule has 0 radical (unpaired) electrons. The van der Waals surface area contributed by atoms with E-state index in [1.54, 1.807) is 12.1 Å². The lowest BCUT2D eigenvalue weighted by atomic mass is 10.1. The van der Waals surface area contributed by atoms with Crippen molar-refractivity contribution in [3.05, 3.63) is 23.8 Å². The third kappa shape index (κ3) is 2.15. The molecule has 0 aliphatic rings. The van der Waals surface area contributed by atoms with E-state index < -0.39 is 6.04 Å². The smallest absolute Gasteiger partial charge is 0.121 e. The first kappa shape index (κ1) is 10.4. The van der Waals surface area contributed by atoms with E-state index in [0.717, 1.165) is 4.90 Å². The molecule has 0 saturated carbocycles. The minimum absolute atomic E-state index is 0.147. The highest BCUT2D eigenvalue weighted by Crippen LogP contribution is 2.31. The largest absolute Gasteiger partial charge is 0.508 e. The van der Waals surface area contributed by atoms with Crippen molar-refractivity contribution in [2.45, 2.75) is 10.9 Å². The molecule has 1 atom stereocenters. The van der Waals surface area contributed by atoms with Crippen LogP contribution >= 0.6 is 11.8 Å². The Morgan fingerprint density at radius 3 is 2.77 bits per heavy atom. The SMILES string of the molecule is CSc1cccc(O)c1C(N)CO. The topological polar surface area (TPSA) is 66.5 Å². The fourth-order valence-electron chi connectivity index (χ4n) is 1.17. The fraction of sp³-hybridized carbons (Fsp3) is 0.333. The summed E-state index contributed by atoms with van der Waals surface area (Å²) in [6, 6.07) is 4.69. The van der Waals surface area contributed by atoms with Crippen molar-refractivity contribution in [1.82, 2.24) is 0 Å². The van der Waals surface area contributed by atoms with Crippen LogP contribution in [0.25, 0.3) is 0 Å². The van der Waals surface area contributed by atoms with Gasteiger partial charge in [0.1, 0.15) is 5.75 Å². The standard InChI is InChI=1S/C9H13NO2S/c1-13-8-4-2-3-7(12)9(8)6(10)5-11/h2-4,6,11-12H,5,10H2,1H3. The van der Waals surface area contributed by atoms with Crippen LogP contribution in [0.4, 0.5) is 0 Å². The average molecular weight is 199 g/mol. The number of aromatic hydroxyl groups is 1. The lowest BCUT2D eigenvalue weighted by Crippen LogP contribution is -2.15. The minimum Gasteiger partial charge on any atom is -0.508 e. The monoisotopic (exact) mass is 199 g/mol. The van der Waals surface area contributed by atoms with Crippen molar-refractivity contribution in [2.75, 3.05) is 12.9 Å². The Hall–Kier alpha value is -0.710. The van der Waals surface area contributed by atoms with E-state index in [2.05, 4.69) is 0 Å². The lowest BCUT2D eigenvalue weighted by Gasteiger charge is -2.14. The normalized spacial score (nSPS) is 12.8. The fourth-order valence-corrected chi connectivity index (χ4v) is 1.86. The highest BCUT2D eigenvalue weighted by atomic mass is 32.2. The number of hydrogen-bond acceptors (Lipinski definition) is 4. The van der Waals surface area contributed by atoms with Crippen LogP contribution in [-0.4, -0.2) is 23.1 Å². The third-order valence-corrected chi connectivity index (χ3v) is 2.63. The maximum atomic E-state index is 9.52. The molecule has 0 bridgehead atoms. The third-order valence-electron chi connectivity index (χ3n) is 1.83.